The minimum atomic E-state index is 0. The molecule has 0 atom stereocenters. The van der Waals surface area contributed by atoms with Crippen molar-refractivity contribution in [2.75, 3.05) is 27.3 Å². The molecule has 0 amide bonds. The summed E-state index contributed by atoms with van der Waals surface area (Å²) >= 11 is 0. The zero-order valence-corrected chi connectivity index (χ0v) is 17.3. The molecule has 6 nitrogen and oxygen atoms in total. The van der Waals surface area contributed by atoms with Crippen molar-refractivity contribution in [1.82, 2.24) is 15.2 Å². The van der Waals surface area contributed by atoms with E-state index in [1.54, 1.807) is 14.2 Å². The van der Waals surface area contributed by atoms with Crippen LogP contribution in [0.1, 0.15) is 12.5 Å². The Hall–Kier alpha value is -1.90. The molecule has 0 aliphatic heterocycles. The maximum absolute atomic E-state index is 5.42. The minimum absolute atomic E-state index is 0. The number of hydrogen-bond acceptors (Lipinski definition) is 3. The molecule has 0 fully saturated rings. The van der Waals surface area contributed by atoms with E-state index in [2.05, 4.69) is 27.1 Å². The predicted octanol–water partition coefficient (Wildman–Crippen LogP) is 2.88. The largest absolute Gasteiger partial charge is 0.497 e. The molecule has 2 aromatic rings. The van der Waals surface area contributed by atoms with Gasteiger partial charge in [0.1, 0.15) is 11.5 Å². The van der Waals surface area contributed by atoms with Crippen molar-refractivity contribution in [1.29, 1.82) is 0 Å². The average Bonchev–Trinajstić information content (AvgIpc) is 3.13. The molecule has 1 aromatic carbocycles. The second-order valence-electron chi connectivity index (χ2n) is 5.22. The fourth-order valence-corrected chi connectivity index (χ4v) is 2.31. The van der Waals surface area contributed by atoms with E-state index in [0.29, 0.717) is 6.54 Å². The Bertz CT molecular complexity index is 645. The number of guanidine groups is 1. The van der Waals surface area contributed by atoms with Gasteiger partial charge in [-0.3, -0.25) is 0 Å². The summed E-state index contributed by atoms with van der Waals surface area (Å²) in [6, 6.07) is 9.81. The van der Waals surface area contributed by atoms with Crippen LogP contribution in [-0.4, -0.2) is 37.8 Å². The average molecular weight is 458 g/mol. The number of ether oxygens (including phenoxy) is 2. The lowest BCUT2D eigenvalue weighted by Gasteiger charge is -2.13. The van der Waals surface area contributed by atoms with Gasteiger partial charge in [0.25, 0.3) is 0 Å². The van der Waals surface area contributed by atoms with Crippen molar-refractivity contribution >= 4 is 29.9 Å². The summed E-state index contributed by atoms with van der Waals surface area (Å²) in [5.74, 6) is 2.35. The van der Waals surface area contributed by atoms with Gasteiger partial charge in [0, 0.05) is 43.7 Å². The lowest BCUT2D eigenvalue weighted by atomic mass is 10.2. The molecule has 0 saturated heterocycles. The van der Waals surface area contributed by atoms with Crippen LogP contribution in [0.3, 0.4) is 0 Å². The van der Waals surface area contributed by atoms with E-state index in [4.69, 9.17) is 9.47 Å². The van der Waals surface area contributed by atoms with Gasteiger partial charge in [0.05, 0.1) is 20.8 Å². The quantitative estimate of drug-likeness (QED) is 0.363. The molecule has 7 heteroatoms. The number of halogens is 1. The predicted molar refractivity (Wildman–Crippen MR) is 112 cm³/mol. The SMILES string of the molecule is CCNC(=NCc1ccc(OC)cc1OC)NCCn1cccc1.I. The number of nitrogens with one attached hydrogen (secondary N) is 2. The van der Waals surface area contributed by atoms with Crippen molar-refractivity contribution < 1.29 is 9.47 Å². The Balaban J connectivity index is 0.00000312. The summed E-state index contributed by atoms with van der Waals surface area (Å²) in [6.45, 7) is 5.10. The van der Waals surface area contributed by atoms with Crippen molar-refractivity contribution in [2.24, 2.45) is 4.99 Å². The molecule has 1 aromatic heterocycles. The third kappa shape index (κ3) is 6.85. The van der Waals surface area contributed by atoms with Gasteiger partial charge in [-0.2, -0.15) is 0 Å². The van der Waals surface area contributed by atoms with E-state index in [0.717, 1.165) is 42.7 Å². The van der Waals surface area contributed by atoms with Crippen LogP contribution < -0.4 is 20.1 Å². The van der Waals surface area contributed by atoms with Crippen LogP contribution in [0.15, 0.2) is 47.7 Å². The van der Waals surface area contributed by atoms with Gasteiger partial charge in [-0.25, -0.2) is 4.99 Å². The Morgan fingerprint density at radius 1 is 1.12 bits per heavy atom. The molecule has 0 bridgehead atoms. The van der Waals surface area contributed by atoms with Crippen molar-refractivity contribution in [3.8, 4) is 11.5 Å². The number of benzene rings is 1. The molecule has 0 aliphatic rings. The normalized spacial score (nSPS) is 10.8. The van der Waals surface area contributed by atoms with Gasteiger partial charge in [0.15, 0.2) is 5.96 Å². The van der Waals surface area contributed by atoms with E-state index in [9.17, 15) is 0 Å². The molecule has 0 spiro atoms. The lowest BCUT2D eigenvalue weighted by molar-refractivity contribution is 0.391. The number of hydrogen-bond donors (Lipinski definition) is 2. The molecule has 2 N–H and O–H groups in total. The molecule has 0 saturated carbocycles. The van der Waals surface area contributed by atoms with Crippen LogP contribution >= 0.6 is 24.0 Å². The van der Waals surface area contributed by atoms with Gasteiger partial charge < -0.3 is 24.7 Å². The van der Waals surface area contributed by atoms with E-state index in [1.165, 1.54) is 0 Å². The highest BCUT2D eigenvalue weighted by molar-refractivity contribution is 14.0. The third-order valence-electron chi connectivity index (χ3n) is 3.57. The van der Waals surface area contributed by atoms with Crippen molar-refractivity contribution in [2.45, 2.75) is 20.0 Å². The van der Waals surface area contributed by atoms with Gasteiger partial charge in [0.2, 0.25) is 0 Å². The molecule has 0 unspecified atom stereocenters. The van der Waals surface area contributed by atoms with Gasteiger partial charge in [-0.05, 0) is 31.2 Å². The standard InChI is InChI=1S/C18H26N4O2.HI/c1-4-19-18(20-9-12-22-10-5-6-11-22)21-14-15-7-8-16(23-2)13-17(15)24-3;/h5-8,10-11,13H,4,9,12,14H2,1-3H3,(H2,19,20,21);1H. The highest BCUT2D eigenvalue weighted by atomic mass is 127. The maximum Gasteiger partial charge on any atom is 0.191 e. The van der Waals surface area contributed by atoms with Gasteiger partial charge >= 0.3 is 0 Å². The lowest BCUT2D eigenvalue weighted by Crippen LogP contribution is -2.38. The summed E-state index contributed by atoms with van der Waals surface area (Å²) in [5, 5.41) is 6.60. The topological polar surface area (TPSA) is 59.8 Å². The van der Waals surface area contributed by atoms with Gasteiger partial charge in [-0.1, -0.05) is 0 Å². The van der Waals surface area contributed by atoms with Crippen LogP contribution in [0.25, 0.3) is 0 Å². The zero-order valence-electron chi connectivity index (χ0n) is 15.0. The van der Waals surface area contributed by atoms with Crippen LogP contribution in [0.2, 0.25) is 0 Å². The minimum Gasteiger partial charge on any atom is -0.497 e. The molecule has 0 aliphatic carbocycles. The number of aromatic nitrogens is 1. The molecule has 2 rings (SSSR count). The molecule has 0 radical (unpaired) electrons. The second kappa shape index (κ2) is 11.6. The van der Waals surface area contributed by atoms with Crippen molar-refractivity contribution in [3.05, 3.63) is 48.3 Å². The first-order valence-corrected chi connectivity index (χ1v) is 8.10. The third-order valence-corrected chi connectivity index (χ3v) is 3.57. The fraction of sp³-hybridized carbons (Fsp3) is 0.389. The molecule has 1 heterocycles. The van der Waals surface area contributed by atoms with Gasteiger partial charge in [-0.15, -0.1) is 24.0 Å². The first kappa shape index (κ1) is 21.1. The van der Waals surface area contributed by atoms with Crippen LogP contribution in [-0.2, 0) is 13.1 Å². The number of methoxy groups -OCH3 is 2. The van der Waals surface area contributed by atoms with E-state index in [1.807, 2.05) is 42.7 Å². The summed E-state index contributed by atoms with van der Waals surface area (Å²) in [6.07, 6.45) is 4.10. The first-order valence-electron chi connectivity index (χ1n) is 8.10. The monoisotopic (exact) mass is 458 g/mol. The maximum atomic E-state index is 5.42. The summed E-state index contributed by atoms with van der Waals surface area (Å²) in [4.78, 5) is 4.63. The molecule has 25 heavy (non-hydrogen) atoms. The Kier molecular flexibility index (Phi) is 9.83. The number of aliphatic imine (C=N–C) groups is 1. The summed E-state index contributed by atoms with van der Waals surface area (Å²) in [5.41, 5.74) is 1.01. The Labute approximate surface area is 166 Å². The molecular weight excluding hydrogens is 431 g/mol. The smallest absolute Gasteiger partial charge is 0.191 e. The Morgan fingerprint density at radius 2 is 1.88 bits per heavy atom. The highest BCUT2D eigenvalue weighted by Gasteiger charge is 2.05. The molecule has 138 valence electrons. The van der Waals surface area contributed by atoms with Crippen LogP contribution in [0.4, 0.5) is 0 Å². The van der Waals surface area contributed by atoms with Crippen molar-refractivity contribution in [3.63, 3.8) is 0 Å². The van der Waals surface area contributed by atoms with Crippen LogP contribution in [0, 0.1) is 0 Å². The first-order chi connectivity index (χ1) is 11.8. The Morgan fingerprint density at radius 3 is 2.52 bits per heavy atom. The van der Waals surface area contributed by atoms with E-state index in [-0.39, 0.29) is 24.0 Å². The second-order valence-corrected chi connectivity index (χ2v) is 5.22. The fourth-order valence-electron chi connectivity index (χ4n) is 2.31. The zero-order chi connectivity index (χ0) is 17.2. The highest BCUT2D eigenvalue weighted by Crippen LogP contribution is 2.25. The van der Waals surface area contributed by atoms with E-state index < -0.39 is 0 Å². The summed E-state index contributed by atoms with van der Waals surface area (Å²) in [7, 11) is 3.30. The van der Waals surface area contributed by atoms with E-state index >= 15 is 0 Å². The number of rotatable bonds is 8. The molecular formula is C18H27IN4O2. The number of nitrogens with zero attached hydrogens (tertiary/aromatic N) is 2. The van der Waals surface area contributed by atoms with Crippen LogP contribution in [0.5, 0.6) is 11.5 Å². The summed E-state index contributed by atoms with van der Waals surface area (Å²) < 4.78 is 12.8.